The van der Waals surface area contributed by atoms with Gasteiger partial charge in [0.2, 0.25) is 5.91 Å². The van der Waals surface area contributed by atoms with Gasteiger partial charge in [0.25, 0.3) is 0 Å². The Balaban J connectivity index is 1.61. The van der Waals surface area contributed by atoms with E-state index in [1.54, 1.807) is 0 Å². The molecule has 2 atom stereocenters. The van der Waals surface area contributed by atoms with E-state index in [9.17, 15) is 4.79 Å². The minimum absolute atomic E-state index is 0.0371. The van der Waals surface area contributed by atoms with E-state index in [0.717, 1.165) is 62.8 Å². The Hall–Kier alpha value is -1.69. The van der Waals surface area contributed by atoms with E-state index in [-0.39, 0.29) is 17.9 Å². The van der Waals surface area contributed by atoms with Crippen LogP contribution in [0, 0.1) is 19.8 Å². The zero-order valence-corrected chi connectivity index (χ0v) is 13.5. The maximum atomic E-state index is 12.6. The van der Waals surface area contributed by atoms with Gasteiger partial charge in [-0.05, 0) is 26.7 Å². The van der Waals surface area contributed by atoms with Gasteiger partial charge < -0.3 is 15.5 Å². The molecule has 2 aliphatic rings. The number of hydrogen-bond acceptors (Lipinski definition) is 5. The van der Waals surface area contributed by atoms with E-state index in [4.69, 9.17) is 5.73 Å². The first kappa shape index (κ1) is 15.2. The minimum Gasteiger partial charge on any atom is -0.353 e. The number of amides is 1. The molecule has 6 nitrogen and oxygen atoms in total. The van der Waals surface area contributed by atoms with E-state index in [2.05, 4.69) is 14.9 Å². The highest BCUT2D eigenvalue weighted by Gasteiger charge is 2.34. The van der Waals surface area contributed by atoms with Gasteiger partial charge in [-0.1, -0.05) is 6.42 Å². The number of nitrogens with zero attached hydrogens (tertiary/aromatic N) is 4. The quantitative estimate of drug-likeness (QED) is 0.877. The lowest BCUT2D eigenvalue weighted by Crippen LogP contribution is -2.52. The highest BCUT2D eigenvalue weighted by atomic mass is 16.2. The predicted molar refractivity (Wildman–Crippen MR) is 85.6 cm³/mol. The normalized spacial score (nSPS) is 25.6. The summed E-state index contributed by atoms with van der Waals surface area (Å²) in [5, 5.41) is 0. The number of rotatable bonds is 2. The molecule has 2 heterocycles. The van der Waals surface area contributed by atoms with Crippen LogP contribution in [0.2, 0.25) is 0 Å². The molecule has 1 amide bonds. The molecule has 0 bridgehead atoms. The van der Waals surface area contributed by atoms with Crippen LogP contribution in [0.5, 0.6) is 0 Å². The Morgan fingerprint density at radius 1 is 1.18 bits per heavy atom. The van der Waals surface area contributed by atoms with Gasteiger partial charge >= 0.3 is 0 Å². The maximum absolute atomic E-state index is 12.6. The van der Waals surface area contributed by atoms with Gasteiger partial charge in [0.05, 0.1) is 5.92 Å². The molecular weight excluding hydrogens is 278 g/mol. The number of piperazine rings is 1. The fourth-order valence-corrected chi connectivity index (χ4v) is 3.55. The minimum atomic E-state index is 0.0371. The lowest BCUT2D eigenvalue weighted by atomic mass is 10.0. The SMILES string of the molecule is Cc1cc(N2CCN(C(=O)[C@H]3CCC[C@@H]3N)CC2)nc(C)n1. The molecule has 1 aliphatic carbocycles. The largest absolute Gasteiger partial charge is 0.353 e. The second-order valence-electron chi connectivity index (χ2n) is 6.43. The van der Waals surface area contributed by atoms with E-state index in [1.165, 1.54) is 0 Å². The third-order valence-electron chi connectivity index (χ3n) is 4.75. The summed E-state index contributed by atoms with van der Waals surface area (Å²) in [6.45, 7) is 7.05. The monoisotopic (exact) mass is 303 g/mol. The van der Waals surface area contributed by atoms with Crippen LogP contribution in [-0.2, 0) is 4.79 Å². The van der Waals surface area contributed by atoms with Crippen molar-refractivity contribution in [1.82, 2.24) is 14.9 Å². The molecule has 0 unspecified atom stereocenters. The van der Waals surface area contributed by atoms with Gasteiger partial charge in [0, 0.05) is 44.0 Å². The number of carbonyl (C=O) groups is 1. The van der Waals surface area contributed by atoms with Crippen LogP contribution >= 0.6 is 0 Å². The van der Waals surface area contributed by atoms with Crippen molar-refractivity contribution < 1.29 is 4.79 Å². The summed E-state index contributed by atoms with van der Waals surface area (Å²) < 4.78 is 0. The van der Waals surface area contributed by atoms with Crippen LogP contribution in [-0.4, -0.2) is 53.0 Å². The number of aromatic nitrogens is 2. The lowest BCUT2D eigenvalue weighted by molar-refractivity contribution is -0.136. The second kappa shape index (κ2) is 6.20. The summed E-state index contributed by atoms with van der Waals surface area (Å²) in [6, 6.07) is 2.06. The van der Waals surface area contributed by atoms with Gasteiger partial charge in [0.15, 0.2) is 0 Å². The van der Waals surface area contributed by atoms with Crippen LogP contribution in [0.15, 0.2) is 6.07 Å². The van der Waals surface area contributed by atoms with Crippen molar-refractivity contribution in [3.63, 3.8) is 0 Å². The predicted octanol–water partition coefficient (Wildman–Crippen LogP) is 0.869. The van der Waals surface area contributed by atoms with Gasteiger partial charge in [-0.2, -0.15) is 0 Å². The topological polar surface area (TPSA) is 75.3 Å². The summed E-state index contributed by atoms with van der Waals surface area (Å²) in [5.41, 5.74) is 7.05. The number of aryl methyl sites for hydroxylation is 2. The molecule has 1 aliphatic heterocycles. The van der Waals surface area contributed by atoms with E-state index >= 15 is 0 Å². The van der Waals surface area contributed by atoms with Gasteiger partial charge in [0.1, 0.15) is 11.6 Å². The van der Waals surface area contributed by atoms with Crippen LogP contribution in [0.25, 0.3) is 0 Å². The molecule has 22 heavy (non-hydrogen) atoms. The smallest absolute Gasteiger partial charge is 0.227 e. The van der Waals surface area contributed by atoms with Crippen molar-refractivity contribution in [2.75, 3.05) is 31.1 Å². The summed E-state index contributed by atoms with van der Waals surface area (Å²) in [4.78, 5) is 25.6. The molecule has 2 fully saturated rings. The molecule has 0 aromatic carbocycles. The average Bonchev–Trinajstić information content (AvgIpc) is 2.92. The first-order valence-electron chi connectivity index (χ1n) is 8.16. The molecule has 120 valence electrons. The van der Waals surface area contributed by atoms with Gasteiger partial charge in [-0.15, -0.1) is 0 Å². The number of hydrogen-bond donors (Lipinski definition) is 1. The Bertz CT molecular complexity index is 533. The van der Waals surface area contributed by atoms with Gasteiger partial charge in [-0.3, -0.25) is 4.79 Å². The Kier molecular flexibility index (Phi) is 4.29. The summed E-state index contributed by atoms with van der Waals surface area (Å²) in [7, 11) is 0. The summed E-state index contributed by atoms with van der Waals surface area (Å²) >= 11 is 0. The van der Waals surface area contributed by atoms with Crippen molar-refractivity contribution >= 4 is 11.7 Å². The molecule has 2 N–H and O–H groups in total. The summed E-state index contributed by atoms with van der Waals surface area (Å²) in [5.74, 6) is 2.05. The Labute approximate surface area is 131 Å². The van der Waals surface area contributed by atoms with Crippen LogP contribution in [0.4, 0.5) is 5.82 Å². The Morgan fingerprint density at radius 2 is 1.91 bits per heavy atom. The first-order valence-corrected chi connectivity index (χ1v) is 8.16. The molecule has 0 spiro atoms. The van der Waals surface area contributed by atoms with Crippen molar-refractivity contribution in [2.24, 2.45) is 11.7 Å². The lowest BCUT2D eigenvalue weighted by Gasteiger charge is -2.37. The zero-order chi connectivity index (χ0) is 15.7. The maximum Gasteiger partial charge on any atom is 0.227 e. The molecule has 1 saturated carbocycles. The standard InChI is InChI=1S/C16H25N5O/c1-11-10-15(19-12(2)18-11)20-6-8-21(9-7-20)16(22)13-4-3-5-14(13)17/h10,13-14H,3-9,17H2,1-2H3/t13-,14-/m0/s1. The third kappa shape index (κ3) is 3.06. The fraction of sp³-hybridized carbons (Fsp3) is 0.688. The average molecular weight is 303 g/mol. The van der Waals surface area contributed by atoms with Crippen molar-refractivity contribution in [3.05, 3.63) is 17.6 Å². The molecule has 1 saturated heterocycles. The first-order chi connectivity index (χ1) is 10.5. The molecule has 3 rings (SSSR count). The molecule has 6 heteroatoms. The van der Waals surface area contributed by atoms with E-state index in [0.29, 0.717) is 0 Å². The third-order valence-corrected chi connectivity index (χ3v) is 4.75. The Morgan fingerprint density at radius 3 is 2.50 bits per heavy atom. The van der Waals surface area contributed by atoms with Crippen LogP contribution < -0.4 is 10.6 Å². The number of anilines is 1. The van der Waals surface area contributed by atoms with E-state index < -0.39 is 0 Å². The second-order valence-corrected chi connectivity index (χ2v) is 6.43. The van der Waals surface area contributed by atoms with E-state index in [1.807, 2.05) is 24.8 Å². The van der Waals surface area contributed by atoms with Crippen LogP contribution in [0.3, 0.4) is 0 Å². The number of carbonyl (C=O) groups excluding carboxylic acids is 1. The number of nitrogens with two attached hydrogens (primary N) is 1. The fourth-order valence-electron chi connectivity index (χ4n) is 3.55. The van der Waals surface area contributed by atoms with Crippen LogP contribution in [0.1, 0.15) is 30.8 Å². The zero-order valence-electron chi connectivity index (χ0n) is 13.5. The van der Waals surface area contributed by atoms with Crippen molar-refractivity contribution in [3.8, 4) is 0 Å². The molecular formula is C16H25N5O. The van der Waals surface area contributed by atoms with Crippen molar-refractivity contribution in [1.29, 1.82) is 0 Å². The highest BCUT2D eigenvalue weighted by molar-refractivity contribution is 5.80. The summed E-state index contributed by atoms with van der Waals surface area (Å²) in [6.07, 6.45) is 3.01. The van der Waals surface area contributed by atoms with Crippen molar-refractivity contribution in [2.45, 2.75) is 39.2 Å². The molecule has 1 aromatic rings. The molecule has 1 aromatic heterocycles. The van der Waals surface area contributed by atoms with Gasteiger partial charge in [-0.25, -0.2) is 9.97 Å². The molecule has 0 radical (unpaired) electrons. The highest BCUT2D eigenvalue weighted by Crippen LogP contribution is 2.26.